The Kier molecular flexibility index (Phi) is 4.65. The Bertz CT molecular complexity index is 695. The smallest absolute Gasteiger partial charge is 0.0775 e. The van der Waals surface area contributed by atoms with Gasteiger partial charge < -0.3 is 0 Å². The minimum atomic E-state index is 0.852. The summed E-state index contributed by atoms with van der Waals surface area (Å²) in [5.74, 6) is 6.38. The van der Waals surface area contributed by atoms with Gasteiger partial charge >= 0.3 is 0 Å². The van der Waals surface area contributed by atoms with Crippen LogP contribution in [-0.2, 0) is 6.42 Å². The number of benzene rings is 1. The fourth-order valence-electron chi connectivity index (χ4n) is 1.68. The van der Waals surface area contributed by atoms with Gasteiger partial charge in [0, 0.05) is 10.4 Å². The van der Waals surface area contributed by atoms with Gasteiger partial charge in [-0.3, -0.25) is 0 Å². The van der Waals surface area contributed by atoms with Crippen LogP contribution in [0.15, 0.2) is 35.3 Å². The Balaban J connectivity index is 2.24. The number of hydrogen-bond donors (Lipinski definition) is 0. The van der Waals surface area contributed by atoms with Gasteiger partial charge in [-0.2, -0.15) is 4.99 Å². The van der Waals surface area contributed by atoms with Gasteiger partial charge in [0.2, 0.25) is 0 Å². The minimum Gasteiger partial charge on any atom is -0.194 e. The van der Waals surface area contributed by atoms with Gasteiger partial charge in [0.15, 0.2) is 0 Å². The normalized spacial score (nSPS) is 9.37. The number of isothiocyanates is 1. The van der Waals surface area contributed by atoms with E-state index in [4.69, 9.17) is 0 Å². The SMILES string of the molecule is CCc1ccc(C#Cc2ccc(N=C=S)c(C)c2)s1. The highest BCUT2D eigenvalue weighted by Gasteiger charge is 1.97. The highest BCUT2D eigenvalue weighted by atomic mass is 32.1. The molecule has 2 aromatic rings. The van der Waals surface area contributed by atoms with Crippen LogP contribution >= 0.6 is 23.6 Å². The molecule has 0 spiro atoms. The van der Waals surface area contributed by atoms with E-state index in [-0.39, 0.29) is 0 Å². The molecule has 0 unspecified atom stereocenters. The lowest BCUT2D eigenvalue weighted by Crippen LogP contribution is -1.78. The summed E-state index contributed by atoms with van der Waals surface area (Å²) < 4.78 is 0. The van der Waals surface area contributed by atoms with Gasteiger partial charge in [0.05, 0.1) is 15.7 Å². The van der Waals surface area contributed by atoms with Gasteiger partial charge in [0.1, 0.15) is 0 Å². The molecule has 1 heterocycles. The van der Waals surface area contributed by atoms with Crippen LogP contribution in [-0.4, -0.2) is 5.16 Å². The fraction of sp³-hybridized carbons (Fsp3) is 0.188. The minimum absolute atomic E-state index is 0.852. The van der Waals surface area contributed by atoms with E-state index in [2.05, 4.69) is 53.3 Å². The van der Waals surface area contributed by atoms with Crippen molar-refractivity contribution in [2.45, 2.75) is 20.3 Å². The van der Waals surface area contributed by atoms with Gasteiger partial charge in [-0.25, -0.2) is 0 Å². The van der Waals surface area contributed by atoms with Crippen molar-refractivity contribution in [3.8, 4) is 11.8 Å². The average Bonchev–Trinajstić information content (AvgIpc) is 2.87. The maximum atomic E-state index is 4.61. The second-order valence-corrected chi connectivity index (χ2v) is 5.42. The summed E-state index contributed by atoms with van der Waals surface area (Å²) >= 11 is 6.36. The van der Waals surface area contributed by atoms with Crippen molar-refractivity contribution in [3.05, 3.63) is 51.2 Å². The van der Waals surface area contributed by atoms with Crippen molar-refractivity contribution >= 4 is 34.4 Å². The maximum Gasteiger partial charge on any atom is 0.0775 e. The van der Waals surface area contributed by atoms with Crippen molar-refractivity contribution in [2.75, 3.05) is 0 Å². The molecule has 1 aromatic heterocycles. The Hall–Kier alpha value is -1.72. The number of rotatable bonds is 2. The maximum absolute atomic E-state index is 4.61. The zero-order valence-corrected chi connectivity index (χ0v) is 12.5. The largest absolute Gasteiger partial charge is 0.194 e. The first-order chi connectivity index (χ1) is 9.22. The first-order valence-electron chi connectivity index (χ1n) is 6.02. The predicted molar refractivity (Wildman–Crippen MR) is 85.5 cm³/mol. The molecule has 0 aliphatic carbocycles. The van der Waals surface area contributed by atoms with E-state index in [9.17, 15) is 0 Å². The molecule has 0 aliphatic rings. The van der Waals surface area contributed by atoms with E-state index in [0.29, 0.717) is 0 Å². The van der Waals surface area contributed by atoms with Gasteiger partial charge in [0.25, 0.3) is 0 Å². The molecule has 19 heavy (non-hydrogen) atoms. The molecule has 0 fully saturated rings. The fourth-order valence-corrected chi connectivity index (χ4v) is 2.58. The first kappa shape index (κ1) is 13.7. The van der Waals surface area contributed by atoms with Gasteiger partial charge in [-0.05, 0) is 61.5 Å². The van der Waals surface area contributed by atoms with Crippen molar-refractivity contribution in [1.82, 2.24) is 0 Å². The Labute approximate surface area is 123 Å². The predicted octanol–water partition coefficient (Wildman–Crippen LogP) is 4.75. The van der Waals surface area contributed by atoms with Crippen molar-refractivity contribution < 1.29 is 0 Å². The average molecular weight is 283 g/mol. The quantitative estimate of drug-likeness (QED) is 0.440. The van der Waals surface area contributed by atoms with Crippen LogP contribution in [0.5, 0.6) is 0 Å². The summed E-state index contributed by atoms with van der Waals surface area (Å²) in [7, 11) is 0. The summed E-state index contributed by atoms with van der Waals surface area (Å²) in [5, 5.41) is 2.39. The molecule has 0 bridgehead atoms. The third-order valence-corrected chi connectivity index (χ3v) is 3.94. The monoisotopic (exact) mass is 283 g/mol. The lowest BCUT2D eigenvalue weighted by Gasteiger charge is -1.98. The van der Waals surface area contributed by atoms with E-state index in [0.717, 1.165) is 28.1 Å². The van der Waals surface area contributed by atoms with Crippen LogP contribution in [0, 0.1) is 18.8 Å². The molecule has 0 radical (unpaired) electrons. The second-order valence-electron chi connectivity index (χ2n) is 4.07. The molecular formula is C16H13NS2. The molecule has 0 atom stereocenters. The number of thiophene rings is 1. The van der Waals surface area contributed by atoms with E-state index in [1.165, 1.54) is 4.88 Å². The molecule has 0 N–H and O–H groups in total. The summed E-state index contributed by atoms with van der Waals surface area (Å²) in [6.45, 7) is 4.15. The molecule has 2 rings (SSSR count). The third kappa shape index (κ3) is 3.62. The Morgan fingerprint density at radius 1 is 1.21 bits per heavy atom. The molecule has 3 heteroatoms. The van der Waals surface area contributed by atoms with Crippen LogP contribution < -0.4 is 0 Å². The second kappa shape index (κ2) is 6.45. The van der Waals surface area contributed by atoms with E-state index in [1.807, 2.05) is 25.1 Å². The zero-order chi connectivity index (χ0) is 13.7. The zero-order valence-electron chi connectivity index (χ0n) is 10.9. The molecule has 0 amide bonds. The number of aryl methyl sites for hydroxylation is 2. The Morgan fingerprint density at radius 3 is 2.68 bits per heavy atom. The van der Waals surface area contributed by atoms with Crippen LogP contribution in [0.25, 0.3) is 0 Å². The summed E-state index contributed by atoms with van der Waals surface area (Å²) in [5.41, 5.74) is 2.90. The number of hydrogen-bond acceptors (Lipinski definition) is 3. The number of thiocarbonyl (C=S) groups is 1. The molecule has 0 saturated carbocycles. The molecule has 1 aromatic carbocycles. The lowest BCUT2D eigenvalue weighted by molar-refractivity contribution is 1.19. The van der Waals surface area contributed by atoms with Crippen molar-refractivity contribution in [3.63, 3.8) is 0 Å². The van der Waals surface area contributed by atoms with E-state index in [1.54, 1.807) is 11.3 Å². The standard InChI is InChI=1S/C16H13NS2/c1-3-14-7-8-15(19-14)6-4-13-5-9-16(17-11-18)12(2)10-13/h5,7-10H,3H2,1-2H3. The summed E-state index contributed by atoms with van der Waals surface area (Å²) in [6.07, 6.45) is 1.07. The number of aliphatic imine (C=N–C) groups is 1. The molecular weight excluding hydrogens is 270 g/mol. The molecule has 1 nitrogen and oxygen atoms in total. The van der Waals surface area contributed by atoms with Gasteiger partial charge in [-0.15, -0.1) is 11.3 Å². The van der Waals surface area contributed by atoms with Crippen LogP contribution in [0.2, 0.25) is 0 Å². The first-order valence-corrected chi connectivity index (χ1v) is 7.24. The van der Waals surface area contributed by atoms with Crippen molar-refractivity contribution in [2.24, 2.45) is 4.99 Å². The van der Waals surface area contributed by atoms with Crippen LogP contribution in [0.4, 0.5) is 5.69 Å². The van der Waals surface area contributed by atoms with Crippen molar-refractivity contribution in [1.29, 1.82) is 0 Å². The van der Waals surface area contributed by atoms with Crippen LogP contribution in [0.1, 0.15) is 27.8 Å². The molecule has 94 valence electrons. The van der Waals surface area contributed by atoms with E-state index >= 15 is 0 Å². The third-order valence-electron chi connectivity index (χ3n) is 2.70. The topological polar surface area (TPSA) is 12.4 Å². The highest BCUT2D eigenvalue weighted by Crippen LogP contribution is 2.19. The van der Waals surface area contributed by atoms with Crippen LogP contribution in [0.3, 0.4) is 0 Å². The summed E-state index contributed by atoms with van der Waals surface area (Å²) in [4.78, 5) is 6.47. The molecule has 0 aliphatic heterocycles. The summed E-state index contributed by atoms with van der Waals surface area (Å²) in [6, 6.07) is 10.1. The number of nitrogens with zero attached hydrogens (tertiary/aromatic N) is 1. The van der Waals surface area contributed by atoms with Gasteiger partial charge in [-0.1, -0.05) is 18.8 Å². The highest BCUT2D eigenvalue weighted by molar-refractivity contribution is 7.78. The molecule has 0 saturated heterocycles. The lowest BCUT2D eigenvalue weighted by atomic mass is 10.1. The Morgan fingerprint density at radius 2 is 2.05 bits per heavy atom. The van der Waals surface area contributed by atoms with E-state index < -0.39 is 0 Å².